The van der Waals surface area contributed by atoms with E-state index in [0.717, 1.165) is 23.9 Å². The second-order valence-electron chi connectivity index (χ2n) is 10.1. The van der Waals surface area contributed by atoms with Gasteiger partial charge in [0.05, 0.1) is 11.0 Å². The number of terminal acetylenes is 1. The van der Waals surface area contributed by atoms with E-state index in [9.17, 15) is 0 Å². The van der Waals surface area contributed by atoms with Crippen LogP contribution in [0.25, 0.3) is 54.8 Å². The molecule has 38 heavy (non-hydrogen) atoms. The van der Waals surface area contributed by atoms with Gasteiger partial charge >= 0.3 is 0 Å². The van der Waals surface area contributed by atoms with Crippen molar-refractivity contribution in [1.82, 2.24) is 4.98 Å². The summed E-state index contributed by atoms with van der Waals surface area (Å²) in [7, 11) is -0.102. The summed E-state index contributed by atoms with van der Waals surface area (Å²) in [5, 5.41) is 6.18. The van der Waals surface area contributed by atoms with E-state index < -0.39 is 0 Å². The maximum absolute atomic E-state index is 5.60. The molecule has 0 atom stereocenters. The molecule has 1 nitrogen and oxygen atoms in total. The number of aryl methyl sites for hydroxylation is 2. The topological polar surface area (TPSA) is 12.9 Å². The Balaban J connectivity index is 1.64. The number of nitrogens with zero attached hydrogens (tertiary/aromatic N) is 1. The predicted octanol–water partition coefficient (Wildman–Crippen LogP) is 9.12. The Kier molecular flexibility index (Phi) is 6.45. The summed E-state index contributed by atoms with van der Waals surface area (Å²) in [6.45, 7) is 6.79. The molecule has 6 aromatic rings. The van der Waals surface area contributed by atoms with Crippen molar-refractivity contribution in [3.8, 4) is 34.6 Å². The Morgan fingerprint density at radius 3 is 2.24 bits per heavy atom. The minimum atomic E-state index is -0.102. The Hall–Kier alpha value is -3.98. The van der Waals surface area contributed by atoms with Gasteiger partial charge in [-0.15, -0.1) is 12.3 Å². The zero-order chi connectivity index (χ0) is 26.2. The van der Waals surface area contributed by atoms with Gasteiger partial charge in [-0.3, -0.25) is 0 Å². The normalized spacial score (nSPS) is 11.4. The average Bonchev–Trinajstić information content (AvgIpc) is 2.96. The Morgan fingerprint density at radius 1 is 0.711 bits per heavy atom. The van der Waals surface area contributed by atoms with Crippen LogP contribution in [0, 0.1) is 19.3 Å². The van der Waals surface area contributed by atoms with Crippen molar-refractivity contribution < 1.29 is 0 Å². The van der Waals surface area contributed by atoms with Gasteiger partial charge in [-0.25, -0.2) is 4.98 Å². The monoisotopic (exact) mass is 507 g/mol. The Morgan fingerprint density at radius 2 is 1.45 bits per heavy atom. The first-order valence-corrected chi connectivity index (χ1v) is 15.3. The van der Waals surface area contributed by atoms with Gasteiger partial charge in [0.15, 0.2) is 0 Å². The van der Waals surface area contributed by atoms with Gasteiger partial charge < -0.3 is 0 Å². The molecule has 1 heterocycles. The molecule has 0 bridgehead atoms. The van der Waals surface area contributed by atoms with Gasteiger partial charge in [0.1, 0.15) is 0 Å². The molecule has 0 radical (unpaired) electrons. The molecule has 0 N–H and O–H groups in total. The molecular weight excluding hydrogens is 477 g/mol. The molecule has 5 aromatic carbocycles. The van der Waals surface area contributed by atoms with E-state index in [1.54, 1.807) is 0 Å². The second kappa shape index (κ2) is 10.1. The minimum absolute atomic E-state index is 0.102. The summed E-state index contributed by atoms with van der Waals surface area (Å²) in [5.74, 6) is 2.79. The summed E-state index contributed by atoms with van der Waals surface area (Å²) in [4.78, 5) is 5.32. The molecule has 0 aliphatic heterocycles. The second-order valence-corrected chi connectivity index (χ2v) is 12.4. The van der Waals surface area contributed by atoms with Crippen LogP contribution >= 0.6 is 7.92 Å². The van der Waals surface area contributed by atoms with Crippen LogP contribution in [-0.2, 0) is 6.42 Å². The number of benzene rings is 5. The first kappa shape index (κ1) is 24.4. The quantitative estimate of drug-likeness (QED) is 0.0981. The summed E-state index contributed by atoms with van der Waals surface area (Å²) >= 11 is 0. The summed E-state index contributed by atoms with van der Waals surface area (Å²) < 4.78 is 0. The lowest BCUT2D eigenvalue weighted by molar-refractivity contribution is 1.02. The number of pyridine rings is 1. The molecule has 0 saturated heterocycles. The van der Waals surface area contributed by atoms with Crippen LogP contribution in [0.5, 0.6) is 0 Å². The smallest absolute Gasteiger partial charge is 0.0794 e. The highest BCUT2D eigenvalue weighted by Crippen LogP contribution is 2.40. The number of hydrogen-bond donors (Lipinski definition) is 0. The predicted molar refractivity (Wildman–Crippen MR) is 168 cm³/mol. The average molecular weight is 508 g/mol. The van der Waals surface area contributed by atoms with Gasteiger partial charge in [0, 0.05) is 28.1 Å². The largest absolute Gasteiger partial charge is 0.247 e. The fourth-order valence-electron chi connectivity index (χ4n) is 5.52. The third kappa shape index (κ3) is 4.26. The van der Waals surface area contributed by atoms with Crippen LogP contribution in [0.3, 0.4) is 0 Å². The van der Waals surface area contributed by atoms with E-state index in [4.69, 9.17) is 11.4 Å². The number of rotatable bonds is 5. The molecule has 0 aliphatic carbocycles. The zero-order valence-electron chi connectivity index (χ0n) is 22.1. The molecule has 0 fully saturated rings. The molecule has 6 rings (SSSR count). The third-order valence-corrected chi connectivity index (χ3v) is 8.94. The van der Waals surface area contributed by atoms with Crippen molar-refractivity contribution >= 4 is 45.8 Å². The minimum Gasteiger partial charge on any atom is -0.247 e. The first-order chi connectivity index (χ1) is 18.5. The molecule has 0 spiro atoms. The van der Waals surface area contributed by atoms with E-state index in [0.29, 0.717) is 0 Å². The SMILES string of the molecule is C#CCCc1ccc2c(-c3cccc(-c4ccc(P(C)C)cc4)c3)c3ccc4ccccc4c3nc2c1C. The van der Waals surface area contributed by atoms with Gasteiger partial charge in [0.2, 0.25) is 0 Å². The van der Waals surface area contributed by atoms with Crippen LogP contribution in [0.1, 0.15) is 17.5 Å². The molecule has 0 unspecified atom stereocenters. The molecule has 0 aliphatic rings. The fraction of sp³-hybridized carbons (Fsp3) is 0.139. The number of hydrogen-bond acceptors (Lipinski definition) is 1. The molecule has 1 aromatic heterocycles. The number of aromatic nitrogens is 1. The Labute approximate surface area is 226 Å². The van der Waals surface area contributed by atoms with Crippen LogP contribution in [0.4, 0.5) is 0 Å². The Bertz CT molecular complexity index is 1860. The van der Waals surface area contributed by atoms with Crippen molar-refractivity contribution in [2.24, 2.45) is 0 Å². The number of fused-ring (bicyclic) bond motifs is 4. The van der Waals surface area contributed by atoms with E-state index in [1.165, 1.54) is 60.2 Å². The van der Waals surface area contributed by atoms with E-state index in [-0.39, 0.29) is 7.92 Å². The molecule has 184 valence electrons. The van der Waals surface area contributed by atoms with Crippen LogP contribution < -0.4 is 5.30 Å². The highest BCUT2D eigenvalue weighted by Gasteiger charge is 2.16. The maximum atomic E-state index is 5.60. The lowest BCUT2D eigenvalue weighted by atomic mass is 9.90. The standard InChI is InChI=1S/C36H30NP/c1-5-6-10-25-17-21-32-34(29-13-9-12-28(23-29)26-15-19-30(20-16-26)38(3)4)33-22-18-27-11-7-8-14-31(27)36(33)37-35(32)24(25)2/h1,7-9,11-23H,6,10H2,2-4H3. The summed E-state index contributed by atoms with van der Waals surface area (Å²) in [5.41, 5.74) is 9.53. The van der Waals surface area contributed by atoms with Gasteiger partial charge in [-0.2, -0.15) is 0 Å². The molecule has 0 amide bonds. The van der Waals surface area contributed by atoms with Crippen LogP contribution in [-0.4, -0.2) is 18.3 Å². The van der Waals surface area contributed by atoms with Crippen LogP contribution in [0.15, 0.2) is 97.1 Å². The van der Waals surface area contributed by atoms with Gasteiger partial charge in [0.25, 0.3) is 0 Å². The van der Waals surface area contributed by atoms with Crippen molar-refractivity contribution in [1.29, 1.82) is 0 Å². The van der Waals surface area contributed by atoms with Crippen molar-refractivity contribution in [2.45, 2.75) is 19.8 Å². The maximum Gasteiger partial charge on any atom is 0.0794 e. The highest BCUT2D eigenvalue weighted by molar-refractivity contribution is 7.64. The summed E-state index contributed by atoms with van der Waals surface area (Å²) in [6.07, 6.45) is 7.19. The van der Waals surface area contributed by atoms with Gasteiger partial charge in [-0.05, 0) is 71.2 Å². The highest BCUT2D eigenvalue weighted by atomic mass is 31.1. The van der Waals surface area contributed by atoms with Crippen LogP contribution in [0.2, 0.25) is 0 Å². The van der Waals surface area contributed by atoms with E-state index in [1.807, 2.05) is 0 Å². The van der Waals surface area contributed by atoms with E-state index >= 15 is 0 Å². The molecule has 2 heteroatoms. The zero-order valence-corrected chi connectivity index (χ0v) is 23.0. The van der Waals surface area contributed by atoms with Crippen molar-refractivity contribution in [2.75, 3.05) is 13.3 Å². The molecular formula is C36H30NP. The lowest BCUT2D eigenvalue weighted by Crippen LogP contribution is -1.98. The molecule has 0 saturated carbocycles. The van der Waals surface area contributed by atoms with Crippen molar-refractivity contribution in [3.63, 3.8) is 0 Å². The fourth-order valence-corrected chi connectivity index (χ4v) is 6.26. The lowest BCUT2D eigenvalue weighted by Gasteiger charge is -2.17. The summed E-state index contributed by atoms with van der Waals surface area (Å²) in [6, 6.07) is 35.5. The first-order valence-electron chi connectivity index (χ1n) is 13.1. The van der Waals surface area contributed by atoms with Gasteiger partial charge in [-0.1, -0.05) is 98.9 Å². The third-order valence-electron chi connectivity index (χ3n) is 7.61. The van der Waals surface area contributed by atoms with Crippen molar-refractivity contribution in [3.05, 3.63) is 108 Å². The van der Waals surface area contributed by atoms with E-state index in [2.05, 4.69) is 123 Å².